The van der Waals surface area contributed by atoms with E-state index in [2.05, 4.69) is 29.6 Å². The van der Waals surface area contributed by atoms with Gasteiger partial charge >= 0.3 is 0 Å². The van der Waals surface area contributed by atoms with Gasteiger partial charge in [-0.25, -0.2) is 5.32 Å². The minimum absolute atomic E-state index is 0.631. The lowest BCUT2D eigenvalue weighted by molar-refractivity contribution is 0.330. The monoisotopic (exact) mass is 156 g/mol. The fraction of sp³-hybridized carbons (Fsp3) is 1.00. The maximum absolute atomic E-state index is 4.36. The van der Waals surface area contributed by atoms with E-state index in [9.17, 15) is 0 Å². The zero-order valence-electron chi connectivity index (χ0n) is 7.51. The van der Waals surface area contributed by atoms with E-state index in [1.54, 1.807) is 0 Å². The SMILES string of the molecule is CN(C)CCC1C[N]CCN1. The van der Waals surface area contributed by atoms with E-state index >= 15 is 0 Å². The molecule has 1 atom stereocenters. The Morgan fingerprint density at radius 2 is 2.36 bits per heavy atom. The fourth-order valence-electron chi connectivity index (χ4n) is 1.27. The number of nitrogens with one attached hydrogen (secondary N) is 1. The number of hydrogen-bond acceptors (Lipinski definition) is 2. The summed E-state index contributed by atoms with van der Waals surface area (Å²) in [6.07, 6.45) is 1.22. The van der Waals surface area contributed by atoms with Crippen LogP contribution in [0.15, 0.2) is 0 Å². The zero-order chi connectivity index (χ0) is 8.10. The molecule has 1 rings (SSSR count). The Bertz CT molecular complexity index is 97.5. The second kappa shape index (κ2) is 4.70. The predicted octanol–water partition coefficient (Wildman–Crippen LogP) is -0.486. The zero-order valence-corrected chi connectivity index (χ0v) is 7.51. The van der Waals surface area contributed by atoms with Crippen LogP contribution in [0.25, 0.3) is 0 Å². The van der Waals surface area contributed by atoms with Crippen LogP contribution in [-0.2, 0) is 0 Å². The average molecular weight is 156 g/mol. The lowest BCUT2D eigenvalue weighted by Crippen LogP contribution is -2.46. The molecule has 0 amide bonds. The summed E-state index contributed by atoms with van der Waals surface area (Å²) < 4.78 is 0. The van der Waals surface area contributed by atoms with E-state index < -0.39 is 0 Å². The third-order valence-electron chi connectivity index (χ3n) is 1.98. The van der Waals surface area contributed by atoms with Crippen LogP contribution in [0.3, 0.4) is 0 Å². The van der Waals surface area contributed by atoms with Crippen molar-refractivity contribution in [1.29, 1.82) is 0 Å². The Labute approximate surface area is 69.1 Å². The average Bonchev–Trinajstić information content (AvgIpc) is 2.03. The summed E-state index contributed by atoms with van der Waals surface area (Å²) in [5.41, 5.74) is 0. The Morgan fingerprint density at radius 1 is 1.55 bits per heavy atom. The summed E-state index contributed by atoms with van der Waals surface area (Å²) in [6.45, 7) is 4.23. The molecule has 1 N–H and O–H groups in total. The van der Waals surface area contributed by atoms with Gasteiger partial charge < -0.3 is 10.2 Å². The fourth-order valence-corrected chi connectivity index (χ4v) is 1.27. The molecule has 3 heteroatoms. The first kappa shape index (κ1) is 8.97. The first-order chi connectivity index (χ1) is 5.29. The molecule has 0 aliphatic carbocycles. The van der Waals surface area contributed by atoms with Gasteiger partial charge in [0.15, 0.2) is 0 Å². The molecule has 1 unspecified atom stereocenters. The summed E-state index contributed by atoms with van der Waals surface area (Å²) in [5.74, 6) is 0. The largest absolute Gasteiger partial charge is 0.311 e. The smallest absolute Gasteiger partial charge is 0.0288 e. The lowest BCUT2D eigenvalue weighted by atomic mass is 10.1. The van der Waals surface area contributed by atoms with Crippen LogP contribution in [0.1, 0.15) is 6.42 Å². The van der Waals surface area contributed by atoms with Crippen molar-refractivity contribution in [3.63, 3.8) is 0 Å². The van der Waals surface area contributed by atoms with Crippen molar-refractivity contribution in [2.45, 2.75) is 12.5 Å². The minimum Gasteiger partial charge on any atom is -0.311 e. The van der Waals surface area contributed by atoms with Gasteiger partial charge in [-0.2, -0.15) is 0 Å². The van der Waals surface area contributed by atoms with Gasteiger partial charge in [-0.05, 0) is 27.1 Å². The standard InChI is InChI=1S/C8H18N3/c1-11(2)6-3-8-7-9-4-5-10-8/h8,10H,3-7H2,1-2H3. The van der Waals surface area contributed by atoms with Gasteiger partial charge in [-0.3, -0.25) is 0 Å². The summed E-state index contributed by atoms with van der Waals surface area (Å²) in [5, 5.41) is 7.81. The van der Waals surface area contributed by atoms with Crippen LogP contribution in [0.5, 0.6) is 0 Å². The first-order valence-electron chi connectivity index (χ1n) is 4.30. The first-order valence-corrected chi connectivity index (χ1v) is 4.30. The van der Waals surface area contributed by atoms with Crippen molar-refractivity contribution in [3.8, 4) is 0 Å². The normalized spacial score (nSPS) is 25.9. The van der Waals surface area contributed by atoms with Crippen molar-refractivity contribution in [3.05, 3.63) is 0 Å². The molecule has 1 saturated heterocycles. The highest BCUT2D eigenvalue weighted by Gasteiger charge is 2.11. The van der Waals surface area contributed by atoms with Crippen LogP contribution < -0.4 is 10.6 Å². The molecule has 1 aliphatic heterocycles. The summed E-state index contributed by atoms with van der Waals surface area (Å²) in [6, 6.07) is 0.631. The molecule has 1 heterocycles. The van der Waals surface area contributed by atoms with E-state index in [0.29, 0.717) is 6.04 Å². The predicted molar refractivity (Wildman–Crippen MR) is 46.8 cm³/mol. The van der Waals surface area contributed by atoms with Crippen molar-refractivity contribution >= 4 is 0 Å². The molecule has 3 nitrogen and oxygen atoms in total. The molecule has 0 bridgehead atoms. The van der Waals surface area contributed by atoms with E-state index in [1.807, 2.05) is 0 Å². The highest BCUT2D eigenvalue weighted by molar-refractivity contribution is 4.75. The van der Waals surface area contributed by atoms with Crippen LogP contribution in [0.2, 0.25) is 0 Å². The highest BCUT2D eigenvalue weighted by Crippen LogP contribution is 1.95. The minimum atomic E-state index is 0.631. The molecule has 0 aromatic heterocycles. The lowest BCUT2D eigenvalue weighted by Gasteiger charge is -2.24. The Balaban J connectivity index is 2.05. The van der Waals surface area contributed by atoms with Crippen LogP contribution in [0, 0.1) is 0 Å². The Kier molecular flexibility index (Phi) is 3.83. The molecule has 0 spiro atoms. The van der Waals surface area contributed by atoms with Crippen LogP contribution in [0.4, 0.5) is 0 Å². The van der Waals surface area contributed by atoms with Crippen LogP contribution in [-0.4, -0.2) is 51.2 Å². The van der Waals surface area contributed by atoms with E-state index in [-0.39, 0.29) is 0 Å². The summed E-state index contributed by atoms with van der Waals surface area (Å²) in [7, 11) is 4.22. The maximum atomic E-state index is 4.36. The van der Waals surface area contributed by atoms with Crippen molar-refractivity contribution in [2.24, 2.45) is 0 Å². The third kappa shape index (κ3) is 3.70. The molecular weight excluding hydrogens is 138 g/mol. The summed E-state index contributed by atoms with van der Waals surface area (Å²) in [4.78, 5) is 2.22. The van der Waals surface area contributed by atoms with E-state index in [0.717, 1.165) is 26.2 Å². The van der Waals surface area contributed by atoms with Gasteiger partial charge in [0.1, 0.15) is 0 Å². The van der Waals surface area contributed by atoms with Gasteiger partial charge in [0.05, 0.1) is 0 Å². The molecule has 1 fully saturated rings. The second-order valence-corrected chi connectivity index (χ2v) is 3.37. The molecular formula is C8H18N3. The second-order valence-electron chi connectivity index (χ2n) is 3.37. The molecule has 11 heavy (non-hydrogen) atoms. The third-order valence-corrected chi connectivity index (χ3v) is 1.98. The Morgan fingerprint density at radius 3 is 2.91 bits per heavy atom. The molecule has 1 radical (unpaired) electrons. The van der Waals surface area contributed by atoms with Gasteiger partial charge in [-0.15, -0.1) is 0 Å². The van der Waals surface area contributed by atoms with Crippen molar-refractivity contribution in [2.75, 3.05) is 40.3 Å². The van der Waals surface area contributed by atoms with Gasteiger partial charge in [0.25, 0.3) is 0 Å². The molecule has 65 valence electrons. The van der Waals surface area contributed by atoms with E-state index in [1.165, 1.54) is 6.42 Å². The molecule has 1 aliphatic rings. The van der Waals surface area contributed by atoms with Crippen molar-refractivity contribution < 1.29 is 0 Å². The molecule has 0 aromatic rings. The Hall–Kier alpha value is -0.120. The van der Waals surface area contributed by atoms with Crippen LogP contribution >= 0.6 is 0 Å². The van der Waals surface area contributed by atoms with E-state index in [4.69, 9.17) is 0 Å². The highest BCUT2D eigenvalue weighted by atomic mass is 15.1. The van der Waals surface area contributed by atoms with Crippen molar-refractivity contribution in [1.82, 2.24) is 15.5 Å². The van der Waals surface area contributed by atoms with Gasteiger partial charge in [-0.1, -0.05) is 0 Å². The van der Waals surface area contributed by atoms with Gasteiger partial charge in [0.2, 0.25) is 0 Å². The molecule has 0 aromatic carbocycles. The quantitative estimate of drug-likeness (QED) is 0.598. The number of hydrogen-bond donors (Lipinski definition) is 1. The number of piperazine rings is 1. The van der Waals surface area contributed by atoms with Gasteiger partial charge in [0, 0.05) is 25.7 Å². The summed E-state index contributed by atoms with van der Waals surface area (Å²) >= 11 is 0. The number of rotatable bonds is 3. The number of nitrogens with zero attached hydrogens (tertiary/aromatic N) is 2. The molecule has 0 saturated carbocycles. The topological polar surface area (TPSA) is 29.4 Å². The maximum Gasteiger partial charge on any atom is 0.0288 e.